The Balaban J connectivity index is 1.82. The summed E-state index contributed by atoms with van der Waals surface area (Å²) >= 11 is 7.46. The largest absolute Gasteiger partial charge is 0.494 e. The fourth-order valence-electron chi connectivity index (χ4n) is 3.11. The molecule has 0 radical (unpaired) electrons. The van der Waals surface area contributed by atoms with E-state index >= 15 is 0 Å². The van der Waals surface area contributed by atoms with Crippen molar-refractivity contribution in [3.8, 4) is 5.75 Å². The maximum atomic E-state index is 13.4. The highest BCUT2D eigenvalue weighted by molar-refractivity contribution is 7.23. The maximum absolute atomic E-state index is 13.4. The van der Waals surface area contributed by atoms with Crippen LogP contribution in [0.5, 0.6) is 5.75 Å². The van der Waals surface area contributed by atoms with Crippen molar-refractivity contribution in [1.29, 1.82) is 0 Å². The van der Waals surface area contributed by atoms with Gasteiger partial charge in [0.2, 0.25) is 0 Å². The van der Waals surface area contributed by atoms with Gasteiger partial charge in [0.05, 0.1) is 28.9 Å². The van der Waals surface area contributed by atoms with Crippen LogP contribution in [0.4, 0.5) is 18.3 Å². The second-order valence-electron chi connectivity index (χ2n) is 6.75. The normalized spacial score (nSPS) is 11.5. The molecule has 0 fully saturated rings. The zero-order chi connectivity index (χ0) is 22.9. The third-order valence-electron chi connectivity index (χ3n) is 4.64. The van der Waals surface area contributed by atoms with E-state index in [9.17, 15) is 18.0 Å². The Morgan fingerprint density at radius 1 is 1.19 bits per heavy atom. The molecule has 0 N–H and O–H groups in total. The van der Waals surface area contributed by atoms with Gasteiger partial charge in [-0.15, -0.1) is 0 Å². The molecule has 0 aliphatic rings. The summed E-state index contributed by atoms with van der Waals surface area (Å²) < 4.78 is 45.5. The van der Waals surface area contributed by atoms with Gasteiger partial charge >= 0.3 is 6.18 Å². The summed E-state index contributed by atoms with van der Waals surface area (Å²) in [7, 11) is 1.49. The smallest absolute Gasteiger partial charge is 0.416 e. The van der Waals surface area contributed by atoms with Gasteiger partial charge in [0, 0.05) is 18.0 Å². The highest BCUT2D eigenvalue weighted by Crippen LogP contribution is 2.39. The molecule has 0 saturated heterocycles. The van der Waals surface area contributed by atoms with Crippen molar-refractivity contribution in [3.05, 3.63) is 82.6 Å². The van der Waals surface area contributed by atoms with Crippen molar-refractivity contribution >= 4 is 44.2 Å². The summed E-state index contributed by atoms with van der Waals surface area (Å²) in [5.74, 6) is -0.158. The predicted molar refractivity (Wildman–Crippen MR) is 117 cm³/mol. The molecule has 32 heavy (non-hydrogen) atoms. The molecular weight excluding hydrogens is 463 g/mol. The minimum Gasteiger partial charge on any atom is -0.494 e. The Bertz CT molecular complexity index is 1280. The summed E-state index contributed by atoms with van der Waals surface area (Å²) in [4.78, 5) is 23.3. The number of ether oxygens (including phenoxy) is 1. The van der Waals surface area contributed by atoms with Crippen LogP contribution in [-0.2, 0) is 12.7 Å². The Morgan fingerprint density at radius 2 is 2.00 bits per heavy atom. The first-order valence-electron chi connectivity index (χ1n) is 9.29. The van der Waals surface area contributed by atoms with Crippen LogP contribution in [0.1, 0.15) is 21.5 Å². The lowest BCUT2D eigenvalue weighted by molar-refractivity contribution is -0.137. The van der Waals surface area contributed by atoms with Crippen LogP contribution in [0.25, 0.3) is 10.2 Å². The zero-order valence-electron chi connectivity index (χ0n) is 16.6. The van der Waals surface area contributed by atoms with Crippen molar-refractivity contribution in [2.45, 2.75) is 12.7 Å². The molecule has 0 saturated carbocycles. The van der Waals surface area contributed by atoms with Crippen LogP contribution < -0.4 is 9.64 Å². The van der Waals surface area contributed by atoms with E-state index in [-0.39, 0.29) is 17.2 Å². The minimum atomic E-state index is -4.57. The van der Waals surface area contributed by atoms with E-state index in [0.29, 0.717) is 26.6 Å². The maximum Gasteiger partial charge on any atom is 0.416 e. The van der Waals surface area contributed by atoms with Crippen molar-refractivity contribution in [2.24, 2.45) is 0 Å². The summed E-state index contributed by atoms with van der Waals surface area (Å²) in [6, 6.07) is 11.1. The average molecular weight is 478 g/mol. The molecule has 0 bridgehead atoms. The molecule has 0 unspecified atom stereocenters. The lowest BCUT2D eigenvalue weighted by atomic mass is 10.1. The number of halogens is 4. The second kappa shape index (κ2) is 8.76. The molecule has 2 heterocycles. The molecule has 4 rings (SSSR count). The predicted octanol–water partition coefficient (Wildman–Crippen LogP) is 6.22. The number of pyridine rings is 1. The first kappa shape index (κ1) is 22.0. The number of fused-ring (bicyclic) bond motifs is 1. The van der Waals surface area contributed by atoms with Gasteiger partial charge in [-0.2, -0.15) is 13.2 Å². The van der Waals surface area contributed by atoms with Crippen molar-refractivity contribution < 1.29 is 22.7 Å². The van der Waals surface area contributed by atoms with Gasteiger partial charge in [0.25, 0.3) is 5.91 Å². The van der Waals surface area contributed by atoms with Gasteiger partial charge in [-0.1, -0.05) is 35.1 Å². The molecule has 0 aliphatic carbocycles. The van der Waals surface area contributed by atoms with Crippen molar-refractivity contribution in [1.82, 2.24) is 9.97 Å². The highest BCUT2D eigenvalue weighted by Gasteiger charge is 2.32. The molecular formula is C22H15ClF3N3O2S. The first-order valence-corrected chi connectivity index (χ1v) is 10.5. The van der Waals surface area contributed by atoms with Gasteiger partial charge in [0.1, 0.15) is 11.3 Å². The van der Waals surface area contributed by atoms with E-state index in [0.717, 1.165) is 23.5 Å². The molecule has 164 valence electrons. The summed E-state index contributed by atoms with van der Waals surface area (Å²) in [6.07, 6.45) is -1.40. The third-order valence-corrected chi connectivity index (χ3v) is 6.18. The number of thiazole rings is 1. The van der Waals surface area contributed by atoms with Gasteiger partial charge in [-0.25, -0.2) is 4.98 Å². The lowest BCUT2D eigenvalue weighted by Crippen LogP contribution is -2.30. The quantitative estimate of drug-likeness (QED) is 0.342. The molecule has 5 nitrogen and oxygen atoms in total. The number of rotatable bonds is 5. The SMILES string of the molecule is COc1ccc(Cl)c2sc(N(Cc3cccnc3)C(=O)c3cccc(C(F)(F)F)c3)nc12. The first-order chi connectivity index (χ1) is 15.3. The Morgan fingerprint density at radius 3 is 2.69 bits per heavy atom. The number of benzene rings is 2. The van der Waals surface area contributed by atoms with Gasteiger partial charge in [-0.05, 0) is 42.0 Å². The van der Waals surface area contributed by atoms with E-state index in [4.69, 9.17) is 16.3 Å². The van der Waals surface area contributed by atoms with Gasteiger partial charge in [0.15, 0.2) is 5.13 Å². The van der Waals surface area contributed by atoms with E-state index < -0.39 is 17.6 Å². The second-order valence-corrected chi connectivity index (χ2v) is 8.14. The molecule has 10 heteroatoms. The molecule has 4 aromatic rings. The Labute approximate surface area is 190 Å². The number of anilines is 1. The van der Waals surface area contributed by atoms with Gasteiger partial charge < -0.3 is 4.74 Å². The fraction of sp³-hybridized carbons (Fsp3) is 0.136. The zero-order valence-corrected chi connectivity index (χ0v) is 18.1. The molecule has 0 aliphatic heterocycles. The van der Waals surface area contributed by atoms with Gasteiger partial charge in [-0.3, -0.25) is 14.7 Å². The van der Waals surface area contributed by atoms with Crippen molar-refractivity contribution in [3.63, 3.8) is 0 Å². The number of hydrogen-bond acceptors (Lipinski definition) is 5. The number of hydrogen-bond donors (Lipinski definition) is 0. The van der Waals surface area contributed by atoms with Crippen LogP contribution in [0.2, 0.25) is 5.02 Å². The third kappa shape index (κ3) is 4.39. The number of aromatic nitrogens is 2. The molecule has 0 spiro atoms. The van der Waals surface area contributed by atoms with Crippen LogP contribution >= 0.6 is 22.9 Å². The summed E-state index contributed by atoms with van der Waals surface area (Å²) in [6.45, 7) is 0.0582. The monoisotopic (exact) mass is 477 g/mol. The highest BCUT2D eigenvalue weighted by atomic mass is 35.5. The van der Waals surface area contributed by atoms with Crippen molar-refractivity contribution in [2.75, 3.05) is 12.0 Å². The molecule has 1 amide bonds. The summed E-state index contributed by atoms with van der Waals surface area (Å²) in [5, 5.41) is 0.704. The number of carbonyl (C=O) groups excluding carboxylic acids is 1. The standard InChI is InChI=1S/C22H15ClF3N3O2S/c1-31-17-8-7-16(23)19-18(17)28-21(32-19)29(12-13-4-3-9-27-11-13)20(30)14-5-2-6-15(10-14)22(24,25)26/h2-11H,12H2,1H3. The number of amides is 1. The van der Waals surface area contributed by atoms with Crippen LogP contribution in [0.3, 0.4) is 0 Å². The van der Waals surface area contributed by atoms with Crippen LogP contribution in [0, 0.1) is 0 Å². The number of alkyl halides is 3. The fourth-order valence-corrected chi connectivity index (χ4v) is 4.36. The van der Waals surface area contributed by atoms with E-state index in [1.807, 2.05) is 0 Å². The number of carbonyl (C=O) groups is 1. The number of nitrogens with zero attached hydrogens (tertiary/aromatic N) is 3. The molecule has 0 atom stereocenters. The Kier molecular flexibility index (Phi) is 6.03. The topological polar surface area (TPSA) is 55.3 Å². The van der Waals surface area contributed by atoms with E-state index in [1.165, 1.54) is 24.1 Å². The minimum absolute atomic E-state index is 0.0582. The summed E-state index contributed by atoms with van der Waals surface area (Å²) in [5.41, 5.74) is 0.137. The van der Waals surface area contributed by atoms with Crippen LogP contribution in [0.15, 0.2) is 60.9 Å². The van der Waals surface area contributed by atoms with E-state index in [2.05, 4.69) is 9.97 Å². The lowest BCUT2D eigenvalue weighted by Gasteiger charge is -2.20. The average Bonchev–Trinajstić information content (AvgIpc) is 3.24. The number of methoxy groups -OCH3 is 1. The molecule has 2 aromatic carbocycles. The van der Waals surface area contributed by atoms with Crippen LogP contribution in [-0.4, -0.2) is 23.0 Å². The molecule has 2 aromatic heterocycles. The Hall–Kier alpha value is -3.17. The van der Waals surface area contributed by atoms with E-state index in [1.54, 1.807) is 36.7 Å².